The molecule has 20 heavy (non-hydrogen) atoms. The van der Waals surface area contributed by atoms with Gasteiger partial charge < -0.3 is 14.4 Å². The summed E-state index contributed by atoms with van der Waals surface area (Å²) < 4.78 is 10.3. The Morgan fingerprint density at radius 2 is 2.25 bits per heavy atom. The maximum Gasteiger partial charge on any atom is 0.271 e. The molecule has 0 saturated carbocycles. The highest BCUT2D eigenvalue weighted by Crippen LogP contribution is 2.35. The maximum absolute atomic E-state index is 11.9. The van der Waals surface area contributed by atoms with Crippen LogP contribution in [0, 0.1) is 10.1 Å². The fraction of sp³-hybridized carbons (Fsp3) is 0.462. The first kappa shape index (κ1) is 14.3. The van der Waals surface area contributed by atoms with Crippen LogP contribution in [0.25, 0.3) is 0 Å². The lowest BCUT2D eigenvalue weighted by atomic mass is 10.2. The van der Waals surface area contributed by atoms with Crippen molar-refractivity contribution in [2.24, 2.45) is 0 Å². The second-order valence-electron chi connectivity index (χ2n) is 4.44. The average Bonchev–Trinajstić information content (AvgIpc) is 2.44. The van der Waals surface area contributed by atoms with Crippen LogP contribution in [0.5, 0.6) is 5.75 Å². The molecule has 0 aliphatic carbocycles. The molecule has 0 saturated heterocycles. The summed E-state index contributed by atoms with van der Waals surface area (Å²) in [6, 6.07) is 4.28. The zero-order chi connectivity index (χ0) is 14.5. The smallest absolute Gasteiger partial charge is 0.271 e. The van der Waals surface area contributed by atoms with Gasteiger partial charge in [-0.3, -0.25) is 14.9 Å². The van der Waals surface area contributed by atoms with Crippen molar-refractivity contribution in [3.8, 4) is 5.75 Å². The van der Waals surface area contributed by atoms with Crippen molar-refractivity contribution in [2.45, 2.75) is 12.8 Å². The number of hydrogen-bond donors (Lipinski definition) is 0. The Kier molecular flexibility index (Phi) is 4.52. The highest BCUT2D eigenvalue weighted by Gasteiger charge is 2.27. The minimum Gasteiger partial charge on any atom is -0.482 e. The van der Waals surface area contributed by atoms with E-state index in [-0.39, 0.29) is 18.2 Å². The van der Waals surface area contributed by atoms with E-state index in [2.05, 4.69) is 0 Å². The number of nitro benzene ring substituents is 1. The molecule has 1 aromatic carbocycles. The molecule has 0 aromatic heterocycles. The van der Waals surface area contributed by atoms with E-state index in [0.29, 0.717) is 24.6 Å². The number of carbonyl (C=O) groups is 1. The molecule has 0 fully saturated rings. The summed E-state index contributed by atoms with van der Waals surface area (Å²) in [4.78, 5) is 23.8. The molecule has 2 rings (SSSR count). The first-order valence-electron chi connectivity index (χ1n) is 6.34. The fourth-order valence-corrected chi connectivity index (χ4v) is 2.07. The number of rotatable bonds is 6. The van der Waals surface area contributed by atoms with Crippen molar-refractivity contribution in [1.82, 2.24) is 0 Å². The third kappa shape index (κ3) is 3.05. The van der Waals surface area contributed by atoms with Crippen LogP contribution in [0.15, 0.2) is 18.2 Å². The van der Waals surface area contributed by atoms with E-state index in [1.54, 1.807) is 12.0 Å². The topological polar surface area (TPSA) is 81.9 Å². The van der Waals surface area contributed by atoms with Gasteiger partial charge in [-0.25, -0.2) is 0 Å². The van der Waals surface area contributed by atoms with E-state index < -0.39 is 4.92 Å². The summed E-state index contributed by atoms with van der Waals surface area (Å²) in [5.41, 5.74) is 0.414. The molecule has 108 valence electrons. The van der Waals surface area contributed by atoms with Crippen molar-refractivity contribution in [2.75, 3.05) is 31.8 Å². The number of nitrogens with zero attached hydrogens (tertiary/aromatic N) is 2. The van der Waals surface area contributed by atoms with Crippen LogP contribution in [-0.2, 0) is 9.53 Å². The fourth-order valence-electron chi connectivity index (χ4n) is 2.07. The number of benzene rings is 1. The maximum atomic E-state index is 11.9. The van der Waals surface area contributed by atoms with E-state index >= 15 is 0 Å². The molecule has 0 radical (unpaired) electrons. The zero-order valence-electron chi connectivity index (χ0n) is 11.2. The van der Waals surface area contributed by atoms with Crippen molar-refractivity contribution in [1.29, 1.82) is 0 Å². The molecule has 0 N–H and O–H groups in total. The number of nitro groups is 1. The lowest BCUT2D eigenvalue weighted by molar-refractivity contribution is -0.384. The predicted molar refractivity (Wildman–Crippen MR) is 72.1 cm³/mol. The highest BCUT2D eigenvalue weighted by molar-refractivity contribution is 5.98. The monoisotopic (exact) mass is 280 g/mol. The second kappa shape index (κ2) is 6.33. The Labute approximate surface area is 116 Å². The molecule has 1 heterocycles. The van der Waals surface area contributed by atoms with E-state index in [1.807, 2.05) is 0 Å². The number of anilines is 1. The lowest BCUT2D eigenvalue weighted by Crippen LogP contribution is -2.39. The van der Waals surface area contributed by atoms with Crippen molar-refractivity contribution in [3.63, 3.8) is 0 Å². The number of hydrogen-bond acceptors (Lipinski definition) is 5. The lowest BCUT2D eigenvalue weighted by Gasteiger charge is -2.29. The molecule has 0 unspecified atom stereocenters. The number of carbonyl (C=O) groups excluding carboxylic acids is 1. The van der Waals surface area contributed by atoms with E-state index in [9.17, 15) is 14.9 Å². The summed E-state index contributed by atoms with van der Waals surface area (Å²) in [5, 5.41) is 10.8. The van der Waals surface area contributed by atoms with Gasteiger partial charge in [-0.15, -0.1) is 0 Å². The third-order valence-corrected chi connectivity index (χ3v) is 3.08. The van der Waals surface area contributed by atoms with Gasteiger partial charge in [0.1, 0.15) is 5.75 Å². The van der Waals surface area contributed by atoms with Crippen LogP contribution in [0.4, 0.5) is 11.4 Å². The van der Waals surface area contributed by atoms with Gasteiger partial charge in [0.25, 0.3) is 11.6 Å². The SMILES string of the molecule is COCCCCN1C(=O)COc2ccc([N+](=O)[O-])cc21. The van der Waals surface area contributed by atoms with Crippen LogP contribution in [-0.4, -0.2) is 37.7 Å². The molecule has 0 atom stereocenters. The molecular weight excluding hydrogens is 264 g/mol. The number of non-ortho nitro benzene ring substituents is 1. The normalized spacial score (nSPS) is 13.8. The molecule has 7 nitrogen and oxygen atoms in total. The highest BCUT2D eigenvalue weighted by atomic mass is 16.6. The Balaban J connectivity index is 2.18. The summed E-state index contributed by atoms with van der Waals surface area (Å²) in [6.07, 6.45) is 1.59. The average molecular weight is 280 g/mol. The van der Waals surface area contributed by atoms with Gasteiger partial charge in [0.2, 0.25) is 0 Å². The number of amides is 1. The molecule has 0 bridgehead atoms. The van der Waals surface area contributed by atoms with Gasteiger partial charge in [0.15, 0.2) is 6.61 Å². The van der Waals surface area contributed by atoms with Gasteiger partial charge in [-0.1, -0.05) is 0 Å². The summed E-state index contributed by atoms with van der Waals surface area (Å²) in [7, 11) is 1.62. The van der Waals surface area contributed by atoms with E-state index in [1.165, 1.54) is 18.2 Å². The minimum absolute atomic E-state index is 0.0327. The Hall–Kier alpha value is -2.15. The van der Waals surface area contributed by atoms with Gasteiger partial charge in [0.05, 0.1) is 10.6 Å². The standard InChI is InChI=1S/C13H16N2O5/c1-19-7-3-2-6-14-11-8-10(15(17)18)4-5-12(11)20-9-13(14)16/h4-5,8H,2-3,6-7,9H2,1H3. The first-order chi connectivity index (χ1) is 9.63. The first-order valence-corrected chi connectivity index (χ1v) is 6.34. The van der Waals surface area contributed by atoms with Gasteiger partial charge in [-0.05, 0) is 18.9 Å². The van der Waals surface area contributed by atoms with Crippen LogP contribution in [0.1, 0.15) is 12.8 Å². The predicted octanol–water partition coefficient (Wildman–Crippen LogP) is 1.75. The molecule has 1 aliphatic heterocycles. The van der Waals surface area contributed by atoms with Crippen LogP contribution >= 0.6 is 0 Å². The molecule has 7 heteroatoms. The minimum atomic E-state index is -0.484. The summed E-state index contributed by atoms with van der Waals surface area (Å²) in [6.45, 7) is 1.09. The Morgan fingerprint density at radius 1 is 1.45 bits per heavy atom. The molecule has 0 spiro atoms. The molecule has 1 aromatic rings. The number of ether oxygens (including phenoxy) is 2. The largest absolute Gasteiger partial charge is 0.482 e. The van der Waals surface area contributed by atoms with E-state index in [0.717, 1.165) is 12.8 Å². The van der Waals surface area contributed by atoms with Crippen LogP contribution < -0.4 is 9.64 Å². The van der Waals surface area contributed by atoms with Crippen molar-refractivity contribution in [3.05, 3.63) is 28.3 Å². The number of fused-ring (bicyclic) bond motifs is 1. The zero-order valence-corrected chi connectivity index (χ0v) is 11.2. The van der Waals surface area contributed by atoms with Crippen molar-refractivity contribution < 1.29 is 19.2 Å². The second-order valence-corrected chi connectivity index (χ2v) is 4.44. The van der Waals surface area contributed by atoms with Gasteiger partial charge >= 0.3 is 0 Å². The Morgan fingerprint density at radius 3 is 2.95 bits per heavy atom. The molecule has 1 amide bonds. The molecule has 1 aliphatic rings. The number of unbranched alkanes of at least 4 members (excludes halogenated alkanes) is 1. The third-order valence-electron chi connectivity index (χ3n) is 3.08. The summed E-state index contributed by atoms with van der Waals surface area (Å²) in [5.74, 6) is 0.317. The van der Waals surface area contributed by atoms with Crippen LogP contribution in [0.3, 0.4) is 0 Å². The summed E-state index contributed by atoms with van der Waals surface area (Å²) >= 11 is 0. The van der Waals surface area contributed by atoms with Crippen molar-refractivity contribution >= 4 is 17.3 Å². The van der Waals surface area contributed by atoms with Gasteiger partial charge in [-0.2, -0.15) is 0 Å². The molecular formula is C13H16N2O5. The Bertz CT molecular complexity index is 517. The quantitative estimate of drug-likeness (QED) is 0.450. The van der Waals surface area contributed by atoms with Crippen LogP contribution in [0.2, 0.25) is 0 Å². The van der Waals surface area contributed by atoms with E-state index in [4.69, 9.17) is 9.47 Å². The number of methoxy groups -OCH3 is 1. The van der Waals surface area contributed by atoms with Gasteiger partial charge in [0, 0.05) is 32.4 Å².